The molecule has 0 radical (unpaired) electrons. The molecule has 4 amide bonds. The van der Waals surface area contributed by atoms with Crippen molar-refractivity contribution in [3.8, 4) is 12.1 Å². The van der Waals surface area contributed by atoms with Gasteiger partial charge in [-0.05, 0) is 152 Å². The fraction of sp³-hybridized carbons (Fsp3) is 0.561. The van der Waals surface area contributed by atoms with Crippen molar-refractivity contribution >= 4 is 157 Å². The van der Waals surface area contributed by atoms with Crippen molar-refractivity contribution in [1.29, 1.82) is 10.5 Å². The number of ether oxygens (including phenoxy) is 2. The number of β-amino-alcohol motifs (C(OH)–C–C–N with tert-alkyl or cyclic N) is 2. The Labute approximate surface area is 750 Å². The van der Waals surface area contributed by atoms with E-state index in [-0.39, 0.29) is 116 Å². The summed E-state index contributed by atoms with van der Waals surface area (Å²) in [5, 5.41) is 73.1. The number of piperidine rings is 2. The van der Waals surface area contributed by atoms with Crippen molar-refractivity contribution < 1.29 is 89.1 Å². The average molecular weight is 1940 g/mol. The number of aryl methyl sites for hydroxylation is 2. The molecule has 8 saturated heterocycles. The summed E-state index contributed by atoms with van der Waals surface area (Å²) in [5.74, 6) is -5.08. The minimum absolute atomic E-state index is 0. The molecule has 8 fully saturated rings. The number of hydrogen-bond acceptors (Lipinski definition) is 29. The summed E-state index contributed by atoms with van der Waals surface area (Å²) in [6.45, 7) is 21.5. The molecule has 8 N–H and O–H groups in total. The lowest BCUT2D eigenvalue weighted by molar-refractivity contribution is -0.177. The number of sulfonamides is 2. The third-order valence-electron chi connectivity index (χ3n) is 22.1. The van der Waals surface area contributed by atoms with Crippen LogP contribution in [0.4, 0.5) is 20.2 Å². The second-order valence-electron chi connectivity index (χ2n) is 31.3. The van der Waals surface area contributed by atoms with Gasteiger partial charge in [0.25, 0.3) is 23.6 Å². The van der Waals surface area contributed by atoms with Crippen LogP contribution in [-0.4, -0.2) is 300 Å². The van der Waals surface area contributed by atoms with Gasteiger partial charge in [0.05, 0.1) is 94.8 Å². The molecule has 7 unspecified atom stereocenters. The van der Waals surface area contributed by atoms with Crippen molar-refractivity contribution in [2.45, 2.75) is 174 Å². The summed E-state index contributed by atoms with van der Waals surface area (Å²) in [6.07, 6.45) is -2.93. The fourth-order valence-electron chi connectivity index (χ4n) is 15.5. The maximum Gasteiger partial charge on any atom is 0.303 e. The quantitative estimate of drug-likeness (QED) is 0.0618. The number of halogens is 4. The molecule has 32 nitrogen and oxygen atoms in total. The summed E-state index contributed by atoms with van der Waals surface area (Å²) in [4.78, 5) is 108. The van der Waals surface area contributed by atoms with E-state index in [4.69, 9.17) is 14.6 Å². The van der Waals surface area contributed by atoms with E-state index in [0.29, 0.717) is 120 Å². The molecule has 11 heterocycles. The number of hydrogen-bond donors (Lipinski definition) is 8. The number of carbonyl (C=O) groups is 7. The zero-order valence-corrected chi connectivity index (χ0v) is 77.0. The van der Waals surface area contributed by atoms with Crippen LogP contribution in [0.2, 0.25) is 0 Å². The van der Waals surface area contributed by atoms with Crippen LogP contribution < -0.4 is 31.1 Å². The van der Waals surface area contributed by atoms with Gasteiger partial charge in [-0.15, -0.1) is 69.2 Å². The van der Waals surface area contributed by atoms with E-state index in [1.165, 1.54) is 47.7 Å². The summed E-state index contributed by atoms with van der Waals surface area (Å²) >= 11 is 5.11. The largest absolute Gasteiger partial charge is 0.448 e. The molecule has 12 atom stereocenters. The van der Waals surface area contributed by atoms with Crippen molar-refractivity contribution in [1.82, 2.24) is 39.7 Å². The molecule has 123 heavy (non-hydrogen) atoms. The molecule has 0 aromatic heterocycles. The Hall–Kier alpha value is -7.59. The number of aliphatic hydroxyl groups is 4. The Morgan fingerprint density at radius 3 is 1.40 bits per heavy atom. The highest BCUT2D eigenvalue weighted by Crippen LogP contribution is 2.37. The number of nitriles is 2. The number of thioether (sulfide) groups is 3. The first-order chi connectivity index (χ1) is 57.6. The Morgan fingerprint density at radius 1 is 0.537 bits per heavy atom. The van der Waals surface area contributed by atoms with Gasteiger partial charge in [-0.1, -0.05) is 35.4 Å². The smallest absolute Gasteiger partial charge is 0.303 e. The van der Waals surface area contributed by atoms with Gasteiger partial charge >= 0.3 is 11.9 Å². The molecule has 11 aliphatic heterocycles. The number of anilines is 2. The summed E-state index contributed by atoms with van der Waals surface area (Å²) in [5.41, 5.74) is 3.94. The van der Waals surface area contributed by atoms with Gasteiger partial charge in [0.2, 0.25) is 32.3 Å². The van der Waals surface area contributed by atoms with Crippen molar-refractivity contribution in [2.75, 3.05) is 128 Å². The van der Waals surface area contributed by atoms with E-state index < -0.39 is 97.8 Å². The number of nitrogens with one attached hydrogen (secondary N) is 4. The second-order valence-corrected chi connectivity index (χ2v) is 39.5. The highest BCUT2D eigenvalue weighted by molar-refractivity contribution is 8.93. The Kier molecular flexibility index (Phi) is 38.3. The monoisotopic (exact) mass is 1930 g/mol. The number of amides is 4. The molecule has 41 heteroatoms. The Bertz CT molecular complexity index is 4790. The van der Waals surface area contributed by atoms with Crippen molar-refractivity contribution in [2.24, 2.45) is 26.8 Å². The number of nitrogens with zero attached hydrogens (tertiary/aromatic N) is 11. The highest BCUT2D eigenvalue weighted by atomic mass is 79.9. The molecule has 4 aromatic rings. The molecular weight excluding hydrogens is 1830 g/mol. The van der Waals surface area contributed by atoms with E-state index in [0.717, 1.165) is 85.8 Å². The summed E-state index contributed by atoms with van der Waals surface area (Å²) in [6, 6.07) is 26.3. The van der Waals surface area contributed by atoms with E-state index in [1.807, 2.05) is 61.4 Å². The minimum Gasteiger partial charge on any atom is -0.448 e. The van der Waals surface area contributed by atoms with Crippen molar-refractivity contribution in [3.05, 3.63) is 119 Å². The first-order valence-electron chi connectivity index (χ1n) is 40.4. The maximum absolute atomic E-state index is 13.5. The molecule has 4 aromatic carbocycles. The first-order valence-corrected chi connectivity index (χ1v) is 45.9. The third-order valence-corrected chi connectivity index (χ3v) is 29.5. The van der Waals surface area contributed by atoms with Gasteiger partial charge < -0.3 is 70.8 Å². The molecule has 0 saturated carbocycles. The van der Waals surface area contributed by atoms with Gasteiger partial charge in [0.1, 0.15) is 29.6 Å². The van der Waals surface area contributed by atoms with Crippen molar-refractivity contribution in [3.63, 3.8) is 0 Å². The standard InChI is InChI=1S/C27H32FN5O6S.C23H28FN5O4S.C11H15NO3S.C11H13NO3S.C6H10N2S.C4H9NO.2BrH/c1-15-31-21-13-33(14-23(21)40-15)27(37)25(39-17(3)35)24(38-16(2)34)26(36)30-12-18-6-8-32(9-7-18)22-5-4-20(28)10-19(22)11-29;1-13-27-17-11-29(12-19(17)34-13)23(33)21(31)20(30)22(32)26-10-14-4-6-28(7-5-14)18-3-2-16(24)8-15(18)9-25;2*1-9-2-4-11(5-3-9)16(14,15)12-7-6-10(13)8-12;1-4-8-5-2-7-3-6(5)9-4;6-4-1-2-5-3-4;;/h4-5,10,18,21,23-25H,6-9,12-14H2,1-3H3,(H,30,36);2-3,8,14,17,19-21,30-31H,4-7,10-12H2,1H3,(H,26,32);2-5,10,13H,6-8H2,1H3;2-5H,6-8H2,1H3;5-7H,2-3H2,1H3;4-6H,1-3H2;2*1H/t21?,23?,24-,25?;17?,19?,20-,21-;10-;;;4-;;/m111..1../s1. The molecule has 11 aliphatic rings. The average Bonchev–Trinajstić information content (AvgIpc) is 1.92. The summed E-state index contributed by atoms with van der Waals surface area (Å²) in [7, 11) is -6.89. The normalized spacial score (nSPS) is 23.8. The van der Waals surface area contributed by atoms with Crippen LogP contribution in [0.15, 0.2) is 110 Å². The predicted molar refractivity (Wildman–Crippen MR) is 476 cm³/mol. The highest BCUT2D eigenvalue weighted by Gasteiger charge is 2.48. The maximum atomic E-state index is 13.5. The molecule has 0 bridgehead atoms. The zero-order chi connectivity index (χ0) is 87.6. The molecule has 0 spiro atoms. The van der Waals surface area contributed by atoms with E-state index in [2.05, 4.69) is 43.2 Å². The number of rotatable bonds is 18. The van der Waals surface area contributed by atoms with Gasteiger partial charge in [0, 0.05) is 130 Å². The van der Waals surface area contributed by atoms with Crippen LogP contribution in [-0.2, 0) is 63.1 Å². The van der Waals surface area contributed by atoms with Gasteiger partial charge in [-0.25, -0.2) is 25.6 Å². The number of likely N-dealkylation sites (tertiary alicyclic amines) is 2. The fourth-order valence-corrected chi connectivity index (χ4v) is 21.9. The lowest BCUT2D eigenvalue weighted by atomic mass is 9.95. The number of benzene rings is 4. The first kappa shape index (κ1) is 101. The number of aliphatic hydroxyl groups excluding tert-OH is 4. The van der Waals surface area contributed by atoms with Gasteiger partial charge in [-0.3, -0.25) is 48.5 Å². The van der Waals surface area contributed by atoms with E-state index in [1.54, 1.807) is 84.2 Å². The van der Waals surface area contributed by atoms with Crippen LogP contribution in [0.25, 0.3) is 0 Å². The summed E-state index contributed by atoms with van der Waals surface area (Å²) < 4.78 is 88.3. The number of fused-ring (bicyclic) bond motifs is 3. The number of carbonyl (C=O) groups excluding carboxylic acids is 7. The molecule has 672 valence electrons. The van der Waals surface area contributed by atoms with Crippen LogP contribution in [0.1, 0.15) is 102 Å². The van der Waals surface area contributed by atoms with Crippen LogP contribution in [0.3, 0.4) is 0 Å². The lowest BCUT2D eigenvalue weighted by Crippen LogP contribution is -2.54. The lowest BCUT2D eigenvalue weighted by Gasteiger charge is -2.34. The van der Waals surface area contributed by atoms with Crippen LogP contribution >= 0.6 is 69.2 Å². The Balaban J connectivity index is 0.000000201. The second kappa shape index (κ2) is 46.8. The molecular formula is C82H109Br2F2N15O17S5. The van der Waals surface area contributed by atoms with Crippen LogP contribution in [0.5, 0.6) is 0 Å². The predicted octanol–water partition coefficient (Wildman–Crippen LogP) is 4.83. The van der Waals surface area contributed by atoms with E-state index >= 15 is 0 Å². The zero-order valence-electron chi connectivity index (χ0n) is 69.5. The molecule has 15 rings (SSSR count). The van der Waals surface area contributed by atoms with Gasteiger partial charge in [-0.2, -0.15) is 19.1 Å². The third kappa shape index (κ3) is 28.0. The molecule has 0 aliphatic carbocycles. The number of ketones is 1. The minimum atomic E-state index is -3.48. The van der Waals surface area contributed by atoms with Gasteiger partial charge in [0.15, 0.2) is 12.2 Å². The van der Waals surface area contributed by atoms with E-state index in [9.17, 15) is 85.0 Å². The number of esters is 2. The van der Waals surface area contributed by atoms with Crippen LogP contribution in [0, 0.1) is 60.0 Å². The Morgan fingerprint density at radius 2 is 0.992 bits per heavy atom. The topological polar surface area (TPSA) is 439 Å². The SMILES string of the molecule is Br.Br.CC(=O)OC(C(=O)N1CC2N=C(C)SC2C1)[C@@H](OC(C)=O)C(=O)NCC1CCN(c2ccc(F)cc2C#N)CC1.CC1=NC2CN(C(=O)[C@H](O)[C@@H](O)C(=O)NCC3CCN(c4ccc(F)cc4C#N)CC3)CC2S1.CC1=NC2CNCC2S1.Cc1ccc(S(=O)(=O)N2CCC(=O)C2)cc1.Cc1ccc(S(=O)(=O)N2CC[C@@H](O)C2)cc1.O[C@@H]1CCNC1. The number of aliphatic imine (C=N–C) groups is 3. The number of Topliss-reactive ketones (excluding diaryl/α,β-unsaturated/α-hetero) is 1.